The Kier molecular flexibility index (Phi) is 7.72. The smallest absolute Gasteiger partial charge is 0.383 e. The zero-order valence-electron chi connectivity index (χ0n) is 22.7. The number of aromatic nitrogens is 2. The number of benzene rings is 2. The molecule has 0 unspecified atom stereocenters. The first kappa shape index (κ1) is 27.5. The largest absolute Gasteiger partial charge is 0.418 e. The summed E-state index contributed by atoms with van der Waals surface area (Å²) in [5.41, 5.74) is 10.1. The van der Waals surface area contributed by atoms with Crippen LogP contribution in [0.2, 0.25) is 0 Å². The highest BCUT2D eigenvalue weighted by Gasteiger charge is 2.34. The van der Waals surface area contributed by atoms with Crippen LogP contribution in [-0.2, 0) is 13.2 Å². The van der Waals surface area contributed by atoms with Crippen LogP contribution in [0, 0.1) is 13.8 Å². The van der Waals surface area contributed by atoms with Crippen LogP contribution in [-0.4, -0.2) is 46.8 Å². The van der Waals surface area contributed by atoms with E-state index in [0.717, 1.165) is 54.5 Å². The van der Waals surface area contributed by atoms with Crippen molar-refractivity contribution in [1.29, 1.82) is 0 Å². The zero-order valence-corrected chi connectivity index (χ0v) is 22.7. The van der Waals surface area contributed by atoms with Crippen LogP contribution in [0.1, 0.15) is 45.6 Å². The topological polar surface area (TPSA) is 89.5 Å². The number of alkyl halides is 3. The molecule has 0 aliphatic carbocycles. The number of aryl methyl sites for hydroxylation is 2. The first-order valence-electron chi connectivity index (χ1n) is 13.2. The monoisotopic (exact) mass is 554 g/mol. The number of amides is 1. The Hall–Kier alpha value is -4.03. The molecule has 2 aliphatic rings. The Morgan fingerprint density at radius 1 is 1.10 bits per heavy atom. The third kappa shape index (κ3) is 5.92. The number of hydrazine groups is 2. The van der Waals surface area contributed by atoms with Crippen molar-refractivity contribution in [3.8, 4) is 0 Å². The second kappa shape index (κ2) is 11.2. The van der Waals surface area contributed by atoms with Gasteiger partial charge in [0.05, 0.1) is 23.1 Å². The summed E-state index contributed by atoms with van der Waals surface area (Å²) in [5.74, 6) is -0.511. The maximum absolute atomic E-state index is 13.9. The normalized spacial score (nSPS) is 15.8. The molecule has 2 aliphatic heterocycles. The predicted molar refractivity (Wildman–Crippen MR) is 149 cm³/mol. The number of halogens is 3. The minimum absolute atomic E-state index is 0.00127. The van der Waals surface area contributed by atoms with Crippen LogP contribution >= 0.6 is 0 Å². The third-order valence-corrected chi connectivity index (χ3v) is 7.35. The lowest BCUT2D eigenvalue weighted by atomic mass is 10.1. The maximum atomic E-state index is 13.9. The van der Waals surface area contributed by atoms with E-state index in [1.807, 2.05) is 27.1 Å². The summed E-state index contributed by atoms with van der Waals surface area (Å²) < 4.78 is 43.4. The van der Waals surface area contributed by atoms with Crippen LogP contribution < -0.4 is 26.6 Å². The molecular formula is C28H33F3N8O. The van der Waals surface area contributed by atoms with Gasteiger partial charge in [-0.3, -0.25) is 14.5 Å². The van der Waals surface area contributed by atoms with Gasteiger partial charge in [-0.2, -0.15) is 18.3 Å². The van der Waals surface area contributed by atoms with Gasteiger partial charge < -0.3 is 21.0 Å². The van der Waals surface area contributed by atoms with Gasteiger partial charge in [-0.05, 0) is 75.7 Å². The summed E-state index contributed by atoms with van der Waals surface area (Å²) >= 11 is 0. The van der Waals surface area contributed by atoms with Crippen LogP contribution in [0.4, 0.5) is 30.2 Å². The van der Waals surface area contributed by atoms with Crippen molar-refractivity contribution in [3.63, 3.8) is 0 Å². The molecule has 0 bridgehead atoms. The van der Waals surface area contributed by atoms with Crippen molar-refractivity contribution in [2.45, 2.75) is 32.9 Å². The fourth-order valence-electron chi connectivity index (χ4n) is 4.92. The molecule has 1 aromatic heterocycles. The van der Waals surface area contributed by atoms with Gasteiger partial charge in [0.25, 0.3) is 5.91 Å². The summed E-state index contributed by atoms with van der Waals surface area (Å²) in [5, 5.41) is 11.6. The number of nitrogens with zero attached hydrogens (tertiary/aromatic N) is 4. The molecule has 1 saturated heterocycles. The third-order valence-electron chi connectivity index (χ3n) is 7.35. The summed E-state index contributed by atoms with van der Waals surface area (Å²) in [6.07, 6.45) is 1.30. The lowest BCUT2D eigenvalue weighted by Crippen LogP contribution is -2.36. The van der Waals surface area contributed by atoms with Crippen LogP contribution in [0.5, 0.6) is 0 Å². The van der Waals surface area contributed by atoms with E-state index in [0.29, 0.717) is 24.3 Å². The number of likely N-dealkylation sites (tertiary alicyclic amines) is 1. The van der Waals surface area contributed by atoms with Crippen molar-refractivity contribution in [2.75, 3.05) is 41.8 Å². The summed E-state index contributed by atoms with van der Waals surface area (Å²) in [4.78, 5) is 15.3. The van der Waals surface area contributed by atoms with Crippen molar-refractivity contribution < 1.29 is 18.0 Å². The van der Waals surface area contributed by atoms with Gasteiger partial charge in [-0.25, -0.2) is 0 Å². The first-order chi connectivity index (χ1) is 19.1. The summed E-state index contributed by atoms with van der Waals surface area (Å²) in [6.45, 7) is 6.93. The van der Waals surface area contributed by atoms with E-state index in [9.17, 15) is 18.0 Å². The molecule has 1 fully saturated rings. The summed E-state index contributed by atoms with van der Waals surface area (Å²) in [6, 6.07) is 8.96. The van der Waals surface area contributed by atoms with Gasteiger partial charge in [-0.1, -0.05) is 6.07 Å². The molecular weight excluding hydrogens is 521 g/mol. The van der Waals surface area contributed by atoms with E-state index < -0.39 is 17.6 Å². The Labute approximate surface area is 231 Å². The molecule has 4 N–H and O–H groups in total. The molecule has 1 amide bonds. The maximum Gasteiger partial charge on any atom is 0.418 e. The molecule has 3 aromatic rings. The van der Waals surface area contributed by atoms with E-state index in [2.05, 4.69) is 31.6 Å². The number of hydrogen-bond acceptors (Lipinski definition) is 7. The highest BCUT2D eigenvalue weighted by molar-refractivity contribution is 6.05. The number of nitrogens with one attached hydrogen (secondary N) is 4. The molecule has 0 spiro atoms. The van der Waals surface area contributed by atoms with Crippen molar-refractivity contribution >= 4 is 28.7 Å². The Balaban J connectivity index is 1.31. The van der Waals surface area contributed by atoms with Gasteiger partial charge in [0, 0.05) is 54.5 Å². The first-order valence-corrected chi connectivity index (χ1v) is 13.2. The Morgan fingerprint density at radius 2 is 1.88 bits per heavy atom. The number of rotatable bonds is 8. The van der Waals surface area contributed by atoms with Crippen molar-refractivity contribution in [3.05, 3.63) is 76.7 Å². The predicted octanol–water partition coefficient (Wildman–Crippen LogP) is 4.64. The average Bonchev–Trinajstić information content (AvgIpc) is 3.67. The minimum atomic E-state index is -4.57. The van der Waals surface area contributed by atoms with Crippen molar-refractivity contribution in [2.24, 2.45) is 7.05 Å². The number of anilines is 3. The Bertz CT molecular complexity index is 1430. The van der Waals surface area contributed by atoms with Crippen molar-refractivity contribution in [1.82, 2.24) is 25.6 Å². The van der Waals surface area contributed by atoms with Gasteiger partial charge in [0.15, 0.2) is 0 Å². The standard InChI is InChI=1S/C28H33F3N8O/c1-18-6-7-20(14-26(18)39-17-25(35-36-39)22-16-33-37(3)19(22)2)27(40)34-21-8-9-24(23(15-21)28(29,30)31)32-10-13-38-11-4-5-12-38/h6-9,14-17,32,35-36H,4-5,10-13H2,1-3H3,(H,34,40). The lowest BCUT2D eigenvalue weighted by Gasteiger charge is -2.20. The highest BCUT2D eigenvalue weighted by atomic mass is 19.4. The van der Waals surface area contributed by atoms with E-state index in [1.54, 1.807) is 34.1 Å². The lowest BCUT2D eigenvalue weighted by molar-refractivity contribution is -0.136. The molecule has 0 atom stereocenters. The number of hydrogen-bond donors (Lipinski definition) is 4. The van der Waals surface area contributed by atoms with E-state index in [4.69, 9.17) is 0 Å². The van der Waals surface area contributed by atoms with Gasteiger partial charge in [0.1, 0.15) is 0 Å². The highest BCUT2D eigenvalue weighted by Crippen LogP contribution is 2.37. The zero-order chi connectivity index (χ0) is 28.4. The van der Waals surface area contributed by atoms with Crippen LogP contribution in [0.25, 0.3) is 5.70 Å². The molecule has 12 heteroatoms. The molecule has 2 aromatic carbocycles. The Morgan fingerprint density at radius 3 is 2.58 bits per heavy atom. The summed E-state index contributed by atoms with van der Waals surface area (Å²) in [7, 11) is 1.86. The molecule has 0 radical (unpaired) electrons. The second-order valence-electron chi connectivity index (χ2n) is 10.1. The van der Waals surface area contributed by atoms with E-state index in [1.165, 1.54) is 12.1 Å². The second-order valence-corrected chi connectivity index (χ2v) is 10.1. The SMILES string of the molecule is Cc1ccc(C(=O)Nc2ccc(NCCN3CCCC3)c(C(F)(F)F)c2)cc1N1C=C(c2cnn(C)c2C)NN1. The molecule has 212 valence electrons. The van der Waals surface area contributed by atoms with Crippen LogP contribution in [0.15, 0.2) is 48.8 Å². The molecule has 0 saturated carbocycles. The minimum Gasteiger partial charge on any atom is -0.383 e. The van der Waals surface area contributed by atoms with E-state index >= 15 is 0 Å². The molecule has 5 rings (SSSR count). The number of carbonyl (C=O) groups is 1. The number of carbonyl (C=O) groups excluding carboxylic acids is 1. The van der Waals surface area contributed by atoms with Crippen LogP contribution in [0.3, 0.4) is 0 Å². The van der Waals surface area contributed by atoms with E-state index in [-0.39, 0.29) is 11.4 Å². The molecule has 40 heavy (non-hydrogen) atoms. The fraction of sp³-hybridized carbons (Fsp3) is 0.357. The average molecular weight is 555 g/mol. The molecule has 9 nitrogen and oxygen atoms in total. The fourth-order valence-corrected chi connectivity index (χ4v) is 4.92. The quantitative estimate of drug-likeness (QED) is 0.323. The molecule has 3 heterocycles. The van der Waals surface area contributed by atoms with Gasteiger partial charge >= 0.3 is 6.18 Å². The van der Waals surface area contributed by atoms with Gasteiger partial charge in [0.2, 0.25) is 0 Å². The van der Waals surface area contributed by atoms with Gasteiger partial charge in [-0.15, -0.1) is 5.53 Å².